The topological polar surface area (TPSA) is 131 Å². The van der Waals surface area contributed by atoms with Crippen LogP contribution in [0.1, 0.15) is 234 Å². The van der Waals surface area contributed by atoms with Crippen molar-refractivity contribution in [3.05, 3.63) is 0 Å². The minimum absolute atomic E-state index is 0. The van der Waals surface area contributed by atoms with E-state index in [1.165, 1.54) is 79.0 Å². The third kappa shape index (κ3) is 26.3. The Kier molecular flexibility index (Phi) is 35.8. The van der Waals surface area contributed by atoms with E-state index in [-0.39, 0.29) is 92.7 Å². The second-order valence-corrected chi connectivity index (χ2v) is 30.2. The van der Waals surface area contributed by atoms with Gasteiger partial charge in [-0.2, -0.15) is 20.3 Å². The number of piperidine rings is 4. The second kappa shape index (κ2) is 34.8. The minimum Gasteiger partial charge on any atom is -1.00 e. The van der Waals surface area contributed by atoms with E-state index in [1.54, 1.807) is 0 Å². The number of nitrogens with zero attached hydrogens (tertiary/aromatic N) is 5. The molecule has 0 atom stereocenters. The molecule has 4 aliphatic rings. The normalized spacial score (nSPS) is 23.9. The van der Waals surface area contributed by atoms with Crippen LogP contribution in [-0.2, 0) is 18.9 Å². The SMILES string of the molecule is CC1(C)CC(OCCCCBr)CC(C)(C)N1O.CC1(C)CC(OCCCCI)CC(C)(C)N1O.CC1(C)CC(OCCCCI)CC(C)(C)N1O.CC[N+](CC)(CC)CCCCOC1CC(C)(C)N(O)C(C)(C)C1.[I-]. The molecule has 0 aliphatic carbocycles. The van der Waals surface area contributed by atoms with Gasteiger partial charge < -0.3 is 68.2 Å². The maximum atomic E-state index is 10.3. The highest BCUT2D eigenvalue weighted by atomic mass is 127. The van der Waals surface area contributed by atoms with Gasteiger partial charge in [0.05, 0.1) is 50.6 Å². The van der Waals surface area contributed by atoms with Crippen LogP contribution in [0, 0.1) is 0 Å². The molecule has 0 spiro atoms. The average molecular weight is 1480 g/mol. The van der Waals surface area contributed by atoms with Crippen LogP contribution in [0.5, 0.6) is 0 Å². The molecule has 452 valence electrons. The largest absolute Gasteiger partial charge is 1.00 e. The summed E-state index contributed by atoms with van der Waals surface area (Å²) in [6.07, 6.45) is 17.6. The zero-order chi connectivity index (χ0) is 57.0. The molecule has 0 saturated carbocycles. The summed E-state index contributed by atoms with van der Waals surface area (Å²) in [6, 6.07) is 0. The van der Waals surface area contributed by atoms with Crippen LogP contribution in [0.2, 0.25) is 0 Å². The predicted octanol–water partition coefficient (Wildman–Crippen LogP) is 11.9. The van der Waals surface area contributed by atoms with Crippen molar-refractivity contribution in [2.45, 2.75) is 303 Å². The van der Waals surface area contributed by atoms with E-state index in [2.05, 4.69) is 193 Å². The summed E-state index contributed by atoms with van der Waals surface area (Å²) in [7, 11) is 0. The first-order chi connectivity index (χ1) is 34.0. The second-order valence-electron chi connectivity index (χ2n) is 27.3. The van der Waals surface area contributed by atoms with Crippen LogP contribution in [0.4, 0.5) is 0 Å². The van der Waals surface area contributed by atoms with Gasteiger partial charge in [0.2, 0.25) is 0 Å². The zero-order valence-electron chi connectivity index (χ0n) is 51.6. The molecule has 75 heavy (non-hydrogen) atoms. The molecule has 0 radical (unpaired) electrons. The third-order valence-corrected chi connectivity index (χ3v) is 18.5. The van der Waals surface area contributed by atoms with Crippen LogP contribution < -0.4 is 24.0 Å². The summed E-state index contributed by atoms with van der Waals surface area (Å²) in [5, 5.41) is 47.9. The van der Waals surface area contributed by atoms with E-state index in [1.807, 2.05) is 0 Å². The number of halogens is 4. The van der Waals surface area contributed by atoms with Crippen LogP contribution in [-0.4, -0.2) is 181 Å². The molecular weight excluding hydrogens is 1360 g/mol. The van der Waals surface area contributed by atoms with Gasteiger partial charge in [0.25, 0.3) is 0 Å². The number of hydroxylamine groups is 8. The Hall–Kier alpha value is 2.15. The van der Waals surface area contributed by atoms with Crippen molar-refractivity contribution >= 4 is 61.1 Å². The molecule has 0 aromatic rings. The van der Waals surface area contributed by atoms with Crippen LogP contribution in [0.25, 0.3) is 0 Å². The van der Waals surface area contributed by atoms with E-state index < -0.39 is 0 Å². The van der Waals surface area contributed by atoms with Gasteiger partial charge >= 0.3 is 0 Å². The fourth-order valence-corrected chi connectivity index (χ4v) is 13.9. The average Bonchev–Trinajstić information content (AvgIpc) is 3.29. The van der Waals surface area contributed by atoms with Crippen LogP contribution >= 0.6 is 61.1 Å². The number of unbranched alkanes of at least 4 members (excludes halogenated alkanes) is 4. The van der Waals surface area contributed by atoms with Crippen LogP contribution in [0.15, 0.2) is 0 Å². The van der Waals surface area contributed by atoms with Crippen molar-refractivity contribution in [1.29, 1.82) is 0 Å². The quantitative estimate of drug-likeness (QED) is 0.0318. The number of hydrogen-bond acceptors (Lipinski definition) is 12. The fourth-order valence-electron chi connectivity index (χ4n) is 12.5. The Morgan fingerprint density at radius 2 is 0.587 bits per heavy atom. The number of rotatable bonds is 24. The molecule has 0 aromatic heterocycles. The number of hydrogen-bond donors (Lipinski definition) is 4. The van der Waals surface area contributed by atoms with Gasteiger partial charge in [-0.05, 0) is 243 Å². The summed E-state index contributed by atoms with van der Waals surface area (Å²) in [6.45, 7) is 48.5. The molecule has 0 unspecified atom stereocenters. The van der Waals surface area contributed by atoms with Gasteiger partial charge in [0.15, 0.2) is 0 Å². The van der Waals surface area contributed by atoms with Gasteiger partial charge in [0, 0.05) is 76.1 Å². The van der Waals surface area contributed by atoms with Crippen molar-refractivity contribution < 1.29 is 68.2 Å². The first kappa shape index (κ1) is 77.2. The lowest BCUT2D eigenvalue weighted by atomic mass is 9.80. The van der Waals surface area contributed by atoms with Crippen molar-refractivity contribution in [1.82, 2.24) is 20.3 Å². The van der Waals surface area contributed by atoms with E-state index in [4.69, 9.17) is 18.9 Å². The minimum atomic E-state index is -0.217. The Morgan fingerprint density at radius 1 is 0.387 bits per heavy atom. The Labute approximate surface area is 515 Å². The monoisotopic (exact) mass is 1470 g/mol. The van der Waals surface area contributed by atoms with Gasteiger partial charge in [-0.15, -0.1) is 0 Å². The molecule has 4 fully saturated rings. The lowest BCUT2D eigenvalue weighted by Gasteiger charge is -2.51. The first-order valence-electron chi connectivity index (χ1n) is 29.0. The summed E-state index contributed by atoms with van der Waals surface area (Å²) in [5.74, 6) is 0. The highest BCUT2D eigenvalue weighted by molar-refractivity contribution is 14.1. The van der Waals surface area contributed by atoms with Gasteiger partial charge in [-0.3, -0.25) is 0 Å². The fraction of sp³-hybridized carbons (Fsp3) is 1.00. The van der Waals surface area contributed by atoms with Crippen molar-refractivity contribution in [2.75, 3.05) is 66.8 Å². The predicted molar refractivity (Wildman–Crippen MR) is 328 cm³/mol. The third-order valence-electron chi connectivity index (χ3n) is 16.4. The highest BCUT2D eigenvalue weighted by Gasteiger charge is 2.48. The number of ether oxygens (including phenoxy) is 4. The highest BCUT2D eigenvalue weighted by Crippen LogP contribution is 2.41. The van der Waals surface area contributed by atoms with Gasteiger partial charge in [0.1, 0.15) is 0 Å². The van der Waals surface area contributed by atoms with E-state index in [0.29, 0.717) is 0 Å². The Morgan fingerprint density at radius 3 is 0.773 bits per heavy atom. The standard InChI is InChI=1S/C19H41N2O2.C13H26BrNO2.2C13H26INO2.HI/c1-8-21(9-2,10-3)13-11-12-14-23-17-15-18(4,5)20(22)19(6,7)16-17;3*1-12(2)9-11(17-8-6-5-7-14)10-13(3,4)15(12)16;/h17,22H,8-16H2,1-7H3;3*11,16H,5-10H2,1-4H3;1H/q+1;;;;/p-1. The number of quaternary nitrogens is 1. The molecule has 0 bridgehead atoms. The molecule has 0 aromatic carbocycles. The lowest BCUT2D eigenvalue weighted by Crippen LogP contribution is -3.00. The zero-order valence-corrected chi connectivity index (χ0v) is 59.6. The molecule has 4 rings (SSSR count). The van der Waals surface area contributed by atoms with E-state index >= 15 is 0 Å². The lowest BCUT2D eigenvalue weighted by molar-refractivity contribution is -0.923. The maximum absolute atomic E-state index is 10.3. The molecule has 4 heterocycles. The maximum Gasteiger partial charge on any atom is 0.0787 e. The molecule has 4 aliphatic heterocycles. The molecule has 13 nitrogen and oxygen atoms in total. The smallest absolute Gasteiger partial charge is 0.0787 e. The van der Waals surface area contributed by atoms with Crippen LogP contribution in [0.3, 0.4) is 0 Å². The first-order valence-corrected chi connectivity index (χ1v) is 33.1. The molecular formula is C58H119BrI3N5O8. The number of alkyl halides is 3. The molecule has 0 amide bonds. The van der Waals surface area contributed by atoms with Crippen molar-refractivity contribution in [2.24, 2.45) is 0 Å². The van der Waals surface area contributed by atoms with E-state index in [0.717, 1.165) is 115 Å². The van der Waals surface area contributed by atoms with E-state index in [9.17, 15) is 20.8 Å². The van der Waals surface area contributed by atoms with Crippen molar-refractivity contribution in [3.63, 3.8) is 0 Å². The van der Waals surface area contributed by atoms with Gasteiger partial charge in [-0.25, -0.2) is 0 Å². The summed E-state index contributed by atoms with van der Waals surface area (Å²) >= 11 is 8.22. The molecule has 4 N–H and O–H groups in total. The summed E-state index contributed by atoms with van der Waals surface area (Å²) in [5.41, 5.74) is -1.64. The molecule has 17 heteroatoms. The van der Waals surface area contributed by atoms with Crippen molar-refractivity contribution in [3.8, 4) is 0 Å². The Bertz CT molecular complexity index is 1330. The Balaban J connectivity index is 0.000000978. The molecule has 4 saturated heterocycles. The summed E-state index contributed by atoms with van der Waals surface area (Å²) in [4.78, 5) is 0. The van der Waals surface area contributed by atoms with Gasteiger partial charge in [-0.1, -0.05) is 61.1 Å². The summed E-state index contributed by atoms with van der Waals surface area (Å²) < 4.78 is 27.7.